The fourth-order valence-corrected chi connectivity index (χ4v) is 4.24. The van der Waals surface area contributed by atoms with E-state index in [0.717, 1.165) is 35.3 Å². The highest BCUT2D eigenvalue weighted by Crippen LogP contribution is 2.39. The van der Waals surface area contributed by atoms with Crippen LogP contribution in [0.2, 0.25) is 0 Å². The predicted octanol–water partition coefficient (Wildman–Crippen LogP) is 4.70. The number of ketones is 1. The molecule has 3 rings (SSSR count). The summed E-state index contributed by atoms with van der Waals surface area (Å²) in [4.78, 5) is 15.1. The molecule has 164 valence electrons. The van der Waals surface area contributed by atoms with Crippen molar-refractivity contribution < 1.29 is 27.4 Å². The number of methoxy groups -OCH3 is 2. The van der Waals surface area contributed by atoms with E-state index in [4.69, 9.17) is 9.47 Å². The van der Waals surface area contributed by atoms with Crippen LogP contribution >= 0.6 is 0 Å². The number of benzene rings is 1. The molecule has 1 saturated heterocycles. The van der Waals surface area contributed by atoms with Crippen LogP contribution in [0.4, 0.5) is 13.2 Å². The minimum absolute atomic E-state index is 0.0161. The minimum Gasteiger partial charge on any atom is -0.497 e. The van der Waals surface area contributed by atoms with E-state index >= 15 is 0 Å². The number of ether oxygens (including phenoxy) is 2. The highest BCUT2D eigenvalue weighted by molar-refractivity contribution is 5.99. The number of carbonyl (C=O) groups is 1. The molecule has 1 atom stereocenters. The van der Waals surface area contributed by atoms with Crippen LogP contribution in [0.5, 0.6) is 11.5 Å². The summed E-state index contributed by atoms with van der Waals surface area (Å²) in [6.07, 6.45) is -2.55. The summed E-state index contributed by atoms with van der Waals surface area (Å²) < 4.78 is 50.6. The van der Waals surface area contributed by atoms with E-state index < -0.39 is 12.7 Å². The predicted molar refractivity (Wildman–Crippen MR) is 107 cm³/mol. The monoisotopic (exact) mass is 424 g/mol. The number of carbonyl (C=O) groups excluding carboxylic acids is 1. The number of alkyl halides is 3. The zero-order valence-corrected chi connectivity index (χ0v) is 17.7. The molecular formula is C22H27F3N2O3. The number of halogens is 3. The second-order valence-electron chi connectivity index (χ2n) is 7.65. The van der Waals surface area contributed by atoms with E-state index in [1.807, 2.05) is 18.2 Å². The van der Waals surface area contributed by atoms with Crippen LogP contribution in [0.3, 0.4) is 0 Å². The Morgan fingerprint density at radius 3 is 2.53 bits per heavy atom. The Balaban J connectivity index is 1.83. The maximum absolute atomic E-state index is 13.0. The van der Waals surface area contributed by atoms with Crippen LogP contribution in [-0.2, 0) is 6.54 Å². The fourth-order valence-electron chi connectivity index (χ4n) is 4.24. The summed E-state index contributed by atoms with van der Waals surface area (Å²) in [5, 5.41) is 0. The molecule has 1 aromatic carbocycles. The molecule has 0 bridgehead atoms. The van der Waals surface area contributed by atoms with Crippen LogP contribution < -0.4 is 9.47 Å². The first kappa shape index (κ1) is 22.2. The van der Waals surface area contributed by atoms with Gasteiger partial charge in [-0.25, -0.2) is 0 Å². The number of aromatic nitrogens is 1. The molecule has 2 aromatic rings. The van der Waals surface area contributed by atoms with Crippen molar-refractivity contribution in [3.8, 4) is 11.5 Å². The molecule has 1 fully saturated rings. The van der Waals surface area contributed by atoms with Crippen LogP contribution in [0.1, 0.15) is 46.2 Å². The van der Waals surface area contributed by atoms with Gasteiger partial charge in [-0.1, -0.05) is 0 Å². The van der Waals surface area contributed by atoms with Gasteiger partial charge in [0.25, 0.3) is 0 Å². The number of nitrogens with zero attached hydrogens (tertiary/aromatic N) is 2. The molecule has 0 saturated carbocycles. The van der Waals surface area contributed by atoms with Crippen LogP contribution in [-0.4, -0.2) is 48.7 Å². The van der Waals surface area contributed by atoms with Gasteiger partial charge < -0.3 is 14.0 Å². The summed E-state index contributed by atoms with van der Waals surface area (Å²) in [7, 11) is 3.20. The van der Waals surface area contributed by atoms with E-state index in [2.05, 4.69) is 4.90 Å². The number of Topliss-reactive ketones (excluding diaryl/α,β-unsaturated/α-hetero) is 1. The average Bonchev–Trinajstić information content (AvgIpc) is 3.26. The van der Waals surface area contributed by atoms with E-state index in [9.17, 15) is 18.0 Å². The van der Waals surface area contributed by atoms with Gasteiger partial charge >= 0.3 is 6.18 Å². The zero-order valence-electron chi connectivity index (χ0n) is 17.7. The molecule has 1 aliphatic rings. The highest BCUT2D eigenvalue weighted by Gasteiger charge is 2.33. The quantitative estimate of drug-likeness (QED) is 0.604. The van der Waals surface area contributed by atoms with Gasteiger partial charge in [0.1, 0.15) is 18.0 Å². The average molecular weight is 424 g/mol. The summed E-state index contributed by atoms with van der Waals surface area (Å²) in [5.74, 6) is 1.26. The molecule has 1 aromatic heterocycles. The van der Waals surface area contributed by atoms with Crippen molar-refractivity contribution in [2.75, 3.05) is 27.3 Å². The standard InChI is InChI=1S/C22H27F3N2O3/c1-14-10-17(15(2)27(14)13-22(23,24)25)20(28)12-26-9-5-6-19(26)18-11-16(29-3)7-8-21(18)30-4/h7-8,10-11,19H,5-6,9,12-13H2,1-4H3. The first-order valence-electron chi connectivity index (χ1n) is 9.87. The maximum Gasteiger partial charge on any atom is 0.406 e. The lowest BCUT2D eigenvalue weighted by Crippen LogP contribution is -2.30. The van der Waals surface area contributed by atoms with Gasteiger partial charge in [-0.3, -0.25) is 9.69 Å². The minimum atomic E-state index is -4.34. The van der Waals surface area contributed by atoms with Gasteiger partial charge in [-0.05, 0) is 57.5 Å². The van der Waals surface area contributed by atoms with E-state index in [1.165, 1.54) is 0 Å². The van der Waals surface area contributed by atoms with Gasteiger partial charge in [0, 0.05) is 28.6 Å². The molecule has 0 amide bonds. The second kappa shape index (κ2) is 8.71. The van der Waals surface area contributed by atoms with Gasteiger partial charge in [0.2, 0.25) is 0 Å². The highest BCUT2D eigenvalue weighted by atomic mass is 19.4. The molecule has 30 heavy (non-hydrogen) atoms. The van der Waals surface area contributed by atoms with Crippen LogP contribution in [0.15, 0.2) is 24.3 Å². The number of aryl methyl sites for hydroxylation is 1. The lowest BCUT2D eigenvalue weighted by atomic mass is 10.0. The Morgan fingerprint density at radius 1 is 1.17 bits per heavy atom. The van der Waals surface area contributed by atoms with E-state index in [0.29, 0.717) is 22.7 Å². The van der Waals surface area contributed by atoms with Gasteiger partial charge in [0.05, 0.1) is 20.8 Å². The van der Waals surface area contributed by atoms with E-state index in [-0.39, 0.29) is 18.4 Å². The number of rotatable bonds is 7. The van der Waals surface area contributed by atoms with Gasteiger partial charge in [-0.2, -0.15) is 13.2 Å². The number of hydrogen-bond donors (Lipinski definition) is 0. The van der Waals surface area contributed by atoms with E-state index in [1.54, 1.807) is 34.1 Å². The summed E-state index contributed by atoms with van der Waals surface area (Å²) in [5.41, 5.74) is 2.08. The Labute approximate surface area is 174 Å². The summed E-state index contributed by atoms with van der Waals surface area (Å²) in [6, 6.07) is 7.12. The third kappa shape index (κ3) is 4.64. The van der Waals surface area contributed by atoms with Crippen molar-refractivity contribution in [2.45, 2.75) is 45.5 Å². The summed E-state index contributed by atoms with van der Waals surface area (Å²) in [6.45, 7) is 2.94. The normalized spacial score (nSPS) is 17.4. The lowest BCUT2D eigenvalue weighted by molar-refractivity contribution is -0.141. The molecule has 1 aliphatic heterocycles. The first-order chi connectivity index (χ1) is 14.1. The Hall–Kier alpha value is -2.48. The summed E-state index contributed by atoms with van der Waals surface area (Å²) >= 11 is 0. The maximum atomic E-state index is 13.0. The molecule has 8 heteroatoms. The number of likely N-dealkylation sites (tertiary alicyclic amines) is 1. The molecule has 5 nitrogen and oxygen atoms in total. The molecule has 0 N–H and O–H groups in total. The van der Waals surface area contributed by atoms with Gasteiger partial charge in [-0.15, -0.1) is 0 Å². The topological polar surface area (TPSA) is 43.7 Å². The fraction of sp³-hybridized carbons (Fsp3) is 0.500. The van der Waals surface area contributed by atoms with Crippen molar-refractivity contribution in [3.05, 3.63) is 46.8 Å². The Kier molecular flexibility index (Phi) is 6.45. The van der Waals surface area contributed by atoms with Crippen molar-refractivity contribution in [2.24, 2.45) is 0 Å². The van der Waals surface area contributed by atoms with Crippen molar-refractivity contribution in [1.29, 1.82) is 0 Å². The zero-order chi connectivity index (χ0) is 22.1. The first-order valence-corrected chi connectivity index (χ1v) is 9.87. The largest absolute Gasteiger partial charge is 0.497 e. The Morgan fingerprint density at radius 2 is 1.90 bits per heavy atom. The molecule has 1 unspecified atom stereocenters. The molecule has 0 aliphatic carbocycles. The molecular weight excluding hydrogens is 397 g/mol. The van der Waals surface area contributed by atoms with Crippen molar-refractivity contribution >= 4 is 5.78 Å². The smallest absolute Gasteiger partial charge is 0.406 e. The van der Waals surface area contributed by atoms with Crippen molar-refractivity contribution in [3.63, 3.8) is 0 Å². The number of hydrogen-bond acceptors (Lipinski definition) is 4. The second-order valence-corrected chi connectivity index (χ2v) is 7.65. The Bertz CT molecular complexity index is 921. The third-order valence-electron chi connectivity index (χ3n) is 5.72. The van der Waals surface area contributed by atoms with Gasteiger partial charge in [0.15, 0.2) is 5.78 Å². The lowest BCUT2D eigenvalue weighted by Gasteiger charge is -2.26. The third-order valence-corrected chi connectivity index (χ3v) is 5.72. The molecule has 2 heterocycles. The molecule has 0 spiro atoms. The SMILES string of the molecule is COc1ccc(OC)c(C2CCCN2CC(=O)c2cc(C)n(CC(F)(F)F)c2C)c1. The van der Waals surface area contributed by atoms with Crippen LogP contribution in [0.25, 0.3) is 0 Å². The molecule has 0 radical (unpaired) electrons. The van der Waals surface area contributed by atoms with Crippen molar-refractivity contribution in [1.82, 2.24) is 9.47 Å². The van der Waals surface area contributed by atoms with Crippen LogP contribution in [0, 0.1) is 13.8 Å².